The Morgan fingerprint density at radius 2 is 2.17 bits per heavy atom. The number of β-amino-alcohol motifs (C(OH)–C–C–N with tert-alkyl or cyclic N) is 1. The van der Waals surface area contributed by atoms with E-state index in [1.54, 1.807) is 0 Å². The van der Waals surface area contributed by atoms with E-state index in [-0.39, 0.29) is 6.54 Å². The molecule has 0 radical (unpaired) electrons. The molecule has 1 fully saturated rings. The minimum absolute atomic E-state index is 0.188. The van der Waals surface area contributed by atoms with Gasteiger partial charge in [-0.05, 0) is 31.5 Å². The van der Waals surface area contributed by atoms with Crippen molar-refractivity contribution < 1.29 is 5.11 Å². The summed E-state index contributed by atoms with van der Waals surface area (Å²) < 4.78 is 0. The maximum atomic E-state index is 9.33. The van der Waals surface area contributed by atoms with Crippen molar-refractivity contribution in [2.24, 2.45) is 5.11 Å². The van der Waals surface area contributed by atoms with E-state index in [2.05, 4.69) is 14.9 Å². The molecule has 1 aliphatic heterocycles. The van der Waals surface area contributed by atoms with Crippen molar-refractivity contribution >= 4 is 0 Å². The molecule has 0 saturated carbocycles. The Morgan fingerprint density at radius 1 is 1.50 bits per heavy atom. The summed E-state index contributed by atoms with van der Waals surface area (Å²) in [6.45, 7) is 2.95. The van der Waals surface area contributed by atoms with Crippen LogP contribution in [0.3, 0.4) is 0 Å². The maximum Gasteiger partial charge on any atom is 0.0723 e. The smallest absolute Gasteiger partial charge is 0.0723 e. The predicted octanol–water partition coefficient (Wildman–Crippen LogP) is 0.753. The van der Waals surface area contributed by atoms with Gasteiger partial charge in [-0.25, -0.2) is 0 Å². The van der Waals surface area contributed by atoms with Crippen LogP contribution in [0.5, 0.6) is 0 Å². The molecule has 0 spiro atoms. The molecule has 5 heteroatoms. The fourth-order valence-corrected chi connectivity index (χ4v) is 1.45. The summed E-state index contributed by atoms with van der Waals surface area (Å²) >= 11 is 0. The number of nitrogens with zero attached hydrogens (tertiary/aromatic N) is 4. The lowest BCUT2D eigenvalue weighted by Crippen LogP contribution is -2.31. The first-order valence-corrected chi connectivity index (χ1v) is 4.24. The van der Waals surface area contributed by atoms with Crippen molar-refractivity contribution in [2.45, 2.75) is 18.9 Å². The summed E-state index contributed by atoms with van der Waals surface area (Å²) in [5.74, 6) is 0. The molecule has 1 unspecified atom stereocenters. The fourth-order valence-electron chi connectivity index (χ4n) is 1.45. The molecule has 1 N–H and O–H groups in total. The molecular weight excluding hydrogens is 156 g/mol. The van der Waals surface area contributed by atoms with Gasteiger partial charge in [-0.2, -0.15) is 0 Å². The third-order valence-electron chi connectivity index (χ3n) is 2.02. The average molecular weight is 170 g/mol. The van der Waals surface area contributed by atoms with Gasteiger partial charge >= 0.3 is 0 Å². The third-order valence-corrected chi connectivity index (χ3v) is 2.02. The molecule has 0 amide bonds. The minimum atomic E-state index is -0.501. The third kappa shape index (κ3) is 3.09. The van der Waals surface area contributed by atoms with Gasteiger partial charge in [-0.3, -0.25) is 0 Å². The highest BCUT2D eigenvalue weighted by atomic mass is 16.3. The minimum Gasteiger partial charge on any atom is -0.392 e. The fraction of sp³-hybridized carbons (Fsp3) is 1.00. The Labute approximate surface area is 71.6 Å². The normalized spacial score (nSPS) is 20.4. The van der Waals surface area contributed by atoms with E-state index in [9.17, 15) is 5.11 Å². The Morgan fingerprint density at radius 3 is 2.75 bits per heavy atom. The number of likely N-dealkylation sites (tertiary alicyclic amines) is 1. The summed E-state index contributed by atoms with van der Waals surface area (Å²) in [6.07, 6.45) is 1.93. The first kappa shape index (κ1) is 9.32. The standard InChI is InChI=1S/C7H14N4O/c8-10-9-5-7(12)6-11-3-1-2-4-11/h7,12H,1-6H2. The molecule has 1 saturated heterocycles. The van der Waals surface area contributed by atoms with Crippen LogP contribution < -0.4 is 0 Å². The molecule has 5 nitrogen and oxygen atoms in total. The van der Waals surface area contributed by atoms with Gasteiger partial charge in [0.2, 0.25) is 0 Å². The van der Waals surface area contributed by atoms with Gasteiger partial charge in [0.15, 0.2) is 0 Å². The SMILES string of the molecule is [N-]=[N+]=NCC(O)CN1CCCC1. The van der Waals surface area contributed by atoms with Crippen molar-refractivity contribution in [3.05, 3.63) is 10.4 Å². The van der Waals surface area contributed by atoms with Gasteiger partial charge < -0.3 is 10.0 Å². The number of aliphatic hydroxyl groups is 1. The van der Waals surface area contributed by atoms with Crippen molar-refractivity contribution in [3.8, 4) is 0 Å². The van der Waals surface area contributed by atoms with Crippen molar-refractivity contribution in [2.75, 3.05) is 26.2 Å². The van der Waals surface area contributed by atoms with Gasteiger partial charge in [0.1, 0.15) is 0 Å². The van der Waals surface area contributed by atoms with Crippen LogP contribution in [0.2, 0.25) is 0 Å². The Bertz CT molecular complexity index is 172. The number of azide groups is 1. The first-order valence-electron chi connectivity index (χ1n) is 4.24. The van der Waals surface area contributed by atoms with E-state index in [1.165, 1.54) is 12.8 Å². The highest BCUT2D eigenvalue weighted by molar-refractivity contribution is 4.71. The second kappa shape index (κ2) is 4.98. The zero-order valence-corrected chi connectivity index (χ0v) is 7.06. The van der Waals surface area contributed by atoms with Crippen LogP contribution in [0.1, 0.15) is 12.8 Å². The molecule has 0 aromatic carbocycles. The van der Waals surface area contributed by atoms with Crippen molar-refractivity contribution in [3.63, 3.8) is 0 Å². The lowest BCUT2D eigenvalue weighted by Gasteiger charge is -2.17. The van der Waals surface area contributed by atoms with E-state index in [4.69, 9.17) is 5.53 Å². The highest BCUT2D eigenvalue weighted by Crippen LogP contribution is 2.07. The second-order valence-electron chi connectivity index (χ2n) is 3.07. The van der Waals surface area contributed by atoms with Crippen LogP contribution in [-0.4, -0.2) is 42.3 Å². The molecule has 0 aliphatic carbocycles. The molecular formula is C7H14N4O. The Balaban J connectivity index is 2.15. The van der Waals surface area contributed by atoms with Crippen LogP contribution in [0.15, 0.2) is 5.11 Å². The Hall–Kier alpha value is -0.770. The van der Waals surface area contributed by atoms with Crippen LogP contribution >= 0.6 is 0 Å². The molecule has 1 atom stereocenters. The van der Waals surface area contributed by atoms with E-state index < -0.39 is 6.10 Å². The lowest BCUT2D eigenvalue weighted by molar-refractivity contribution is 0.132. The second-order valence-corrected chi connectivity index (χ2v) is 3.07. The largest absolute Gasteiger partial charge is 0.392 e. The highest BCUT2D eigenvalue weighted by Gasteiger charge is 2.14. The zero-order chi connectivity index (χ0) is 8.81. The monoisotopic (exact) mass is 170 g/mol. The molecule has 1 rings (SSSR count). The number of hydrogen-bond donors (Lipinski definition) is 1. The molecule has 1 heterocycles. The van der Waals surface area contributed by atoms with Gasteiger partial charge in [0, 0.05) is 11.5 Å². The quantitative estimate of drug-likeness (QED) is 0.384. The van der Waals surface area contributed by atoms with Crippen LogP contribution in [0.25, 0.3) is 10.4 Å². The number of hydrogen-bond acceptors (Lipinski definition) is 3. The molecule has 68 valence electrons. The summed E-state index contributed by atoms with van der Waals surface area (Å²) in [5.41, 5.74) is 8.01. The number of rotatable bonds is 4. The Kier molecular flexibility index (Phi) is 3.87. The van der Waals surface area contributed by atoms with Crippen LogP contribution in [0.4, 0.5) is 0 Å². The van der Waals surface area contributed by atoms with E-state index in [1.807, 2.05) is 0 Å². The summed E-state index contributed by atoms with van der Waals surface area (Å²) in [6, 6.07) is 0. The lowest BCUT2D eigenvalue weighted by atomic mass is 10.3. The molecule has 12 heavy (non-hydrogen) atoms. The van der Waals surface area contributed by atoms with E-state index in [0.29, 0.717) is 6.54 Å². The predicted molar refractivity (Wildman–Crippen MR) is 45.7 cm³/mol. The van der Waals surface area contributed by atoms with Gasteiger partial charge in [0.05, 0.1) is 12.6 Å². The molecule has 0 aromatic heterocycles. The van der Waals surface area contributed by atoms with Gasteiger partial charge in [-0.15, -0.1) is 0 Å². The van der Waals surface area contributed by atoms with E-state index in [0.717, 1.165) is 13.1 Å². The summed E-state index contributed by atoms with van der Waals surface area (Å²) in [7, 11) is 0. The topological polar surface area (TPSA) is 72.2 Å². The average Bonchev–Trinajstić information content (AvgIpc) is 2.53. The van der Waals surface area contributed by atoms with Gasteiger partial charge in [-0.1, -0.05) is 5.11 Å². The summed E-state index contributed by atoms with van der Waals surface area (Å²) in [5, 5.41) is 12.7. The molecule has 0 aromatic rings. The van der Waals surface area contributed by atoms with Crippen LogP contribution in [0, 0.1) is 0 Å². The van der Waals surface area contributed by atoms with Crippen molar-refractivity contribution in [1.29, 1.82) is 0 Å². The van der Waals surface area contributed by atoms with Crippen LogP contribution in [-0.2, 0) is 0 Å². The first-order chi connectivity index (χ1) is 5.83. The molecule has 1 aliphatic rings. The molecule has 0 bridgehead atoms. The zero-order valence-electron chi connectivity index (χ0n) is 7.06. The van der Waals surface area contributed by atoms with Crippen molar-refractivity contribution in [1.82, 2.24) is 4.90 Å². The van der Waals surface area contributed by atoms with E-state index >= 15 is 0 Å². The summed E-state index contributed by atoms with van der Waals surface area (Å²) in [4.78, 5) is 4.79. The number of aliphatic hydroxyl groups excluding tert-OH is 1. The van der Waals surface area contributed by atoms with Gasteiger partial charge in [0.25, 0.3) is 0 Å². The maximum absolute atomic E-state index is 9.33.